The Morgan fingerprint density at radius 1 is 1.54 bits per heavy atom. The van der Waals surface area contributed by atoms with Crippen LogP contribution in [0.3, 0.4) is 0 Å². The third kappa shape index (κ3) is 5.35. The third-order valence-corrected chi connectivity index (χ3v) is 1.69. The SMILES string of the molecule is CCC(C)C(=O)OCNC(=O)OS. The van der Waals surface area contributed by atoms with E-state index in [4.69, 9.17) is 0 Å². The fourth-order valence-electron chi connectivity index (χ4n) is 0.507. The number of hydrogen-bond acceptors (Lipinski definition) is 5. The number of thiol groups is 1. The van der Waals surface area contributed by atoms with Crippen molar-refractivity contribution >= 4 is 25.0 Å². The summed E-state index contributed by atoms with van der Waals surface area (Å²) in [4.78, 5) is 21.4. The van der Waals surface area contributed by atoms with Gasteiger partial charge in [-0.1, -0.05) is 13.8 Å². The first-order valence-electron chi connectivity index (χ1n) is 3.87. The van der Waals surface area contributed by atoms with Gasteiger partial charge in [0.25, 0.3) is 0 Å². The normalized spacial score (nSPS) is 11.6. The number of esters is 1. The van der Waals surface area contributed by atoms with E-state index < -0.39 is 6.09 Å². The highest BCUT2D eigenvalue weighted by Gasteiger charge is 2.11. The van der Waals surface area contributed by atoms with Gasteiger partial charge >= 0.3 is 12.1 Å². The van der Waals surface area contributed by atoms with Gasteiger partial charge < -0.3 is 8.92 Å². The molecule has 1 amide bonds. The Hall–Kier alpha value is -0.910. The molecule has 13 heavy (non-hydrogen) atoms. The van der Waals surface area contributed by atoms with Gasteiger partial charge in [-0.3, -0.25) is 10.1 Å². The van der Waals surface area contributed by atoms with Crippen LogP contribution in [0.15, 0.2) is 0 Å². The first-order chi connectivity index (χ1) is 6.11. The Bertz CT molecular complexity index is 185. The van der Waals surface area contributed by atoms with Crippen molar-refractivity contribution < 1.29 is 18.5 Å². The summed E-state index contributed by atoms with van der Waals surface area (Å²) in [5, 5.41) is 2.16. The van der Waals surface area contributed by atoms with E-state index in [1.807, 2.05) is 6.92 Å². The first kappa shape index (κ1) is 12.1. The summed E-state index contributed by atoms with van der Waals surface area (Å²) >= 11 is 3.25. The zero-order chi connectivity index (χ0) is 10.3. The van der Waals surface area contributed by atoms with E-state index in [-0.39, 0.29) is 18.6 Å². The molecule has 0 heterocycles. The van der Waals surface area contributed by atoms with E-state index in [9.17, 15) is 9.59 Å². The minimum atomic E-state index is -0.750. The molecule has 0 rings (SSSR count). The number of amides is 1. The van der Waals surface area contributed by atoms with Crippen molar-refractivity contribution in [2.24, 2.45) is 5.92 Å². The number of hydrogen-bond donors (Lipinski definition) is 2. The van der Waals surface area contributed by atoms with Gasteiger partial charge in [0.05, 0.1) is 5.92 Å². The smallest absolute Gasteiger partial charge is 0.421 e. The Labute approximate surface area is 82.4 Å². The highest BCUT2D eigenvalue weighted by Crippen LogP contribution is 2.02. The molecule has 0 aliphatic carbocycles. The molecule has 0 spiro atoms. The third-order valence-electron chi connectivity index (χ3n) is 1.53. The van der Waals surface area contributed by atoms with Crippen molar-refractivity contribution in [2.45, 2.75) is 20.3 Å². The van der Waals surface area contributed by atoms with Gasteiger partial charge in [0.1, 0.15) is 0 Å². The van der Waals surface area contributed by atoms with E-state index >= 15 is 0 Å². The second-order valence-electron chi connectivity index (χ2n) is 2.47. The second kappa shape index (κ2) is 6.59. The number of ether oxygens (including phenoxy) is 1. The van der Waals surface area contributed by atoms with Crippen molar-refractivity contribution in [3.8, 4) is 0 Å². The molecule has 0 aromatic heterocycles. The molecule has 0 saturated heterocycles. The predicted molar refractivity (Wildman–Crippen MR) is 49.0 cm³/mol. The summed E-state index contributed by atoms with van der Waals surface area (Å²) in [5.41, 5.74) is 0. The molecular weight excluding hydrogens is 194 g/mol. The van der Waals surface area contributed by atoms with Crippen LogP contribution in [0, 0.1) is 5.92 Å². The molecule has 1 atom stereocenters. The summed E-state index contributed by atoms with van der Waals surface area (Å²) < 4.78 is 8.65. The van der Waals surface area contributed by atoms with Gasteiger partial charge in [-0.25, -0.2) is 4.79 Å². The lowest BCUT2D eigenvalue weighted by Crippen LogP contribution is -2.28. The quantitative estimate of drug-likeness (QED) is 0.313. The molecule has 0 aliphatic rings. The molecule has 0 radical (unpaired) electrons. The maximum absolute atomic E-state index is 11.0. The van der Waals surface area contributed by atoms with Crippen LogP contribution >= 0.6 is 12.9 Å². The molecule has 0 aliphatic heterocycles. The van der Waals surface area contributed by atoms with Crippen molar-refractivity contribution in [1.29, 1.82) is 0 Å². The standard InChI is InChI=1S/C7H13NO4S/c1-3-5(2)6(9)11-4-8-7(10)12-13/h5,13H,3-4H2,1-2H3,(H,8,10). The van der Waals surface area contributed by atoms with E-state index in [1.54, 1.807) is 6.92 Å². The van der Waals surface area contributed by atoms with Crippen molar-refractivity contribution in [3.05, 3.63) is 0 Å². The average molecular weight is 207 g/mol. The van der Waals surface area contributed by atoms with Crippen LogP contribution in [0.1, 0.15) is 20.3 Å². The number of carbonyl (C=O) groups is 2. The van der Waals surface area contributed by atoms with Crippen LogP contribution < -0.4 is 5.32 Å². The molecule has 0 aromatic rings. The molecule has 0 saturated carbocycles. The molecule has 1 unspecified atom stereocenters. The van der Waals surface area contributed by atoms with Crippen LogP contribution in [0.5, 0.6) is 0 Å². The van der Waals surface area contributed by atoms with Gasteiger partial charge in [-0.05, 0) is 6.42 Å². The van der Waals surface area contributed by atoms with Gasteiger partial charge in [-0.15, -0.1) is 0 Å². The van der Waals surface area contributed by atoms with Gasteiger partial charge in [0, 0.05) is 12.9 Å². The summed E-state index contributed by atoms with van der Waals surface area (Å²) in [7, 11) is 0. The fourth-order valence-corrected chi connectivity index (χ4v) is 0.572. The predicted octanol–water partition coefficient (Wildman–Crippen LogP) is 1.10. The van der Waals surface area contributed by atoms with Crippen LogP contribution in [-0.2, 0) is 13.7 Å². The van der Waals surface area contributed by atoms with Crippen LogP contribution in [-0.4, -0.2) is 18.8 Å². The molecular formula is C7H13NO4S. The lowest BCUT2D eigenvalue weighted by molar-refractivity contribution is -0.148. The van der Waals surface area contributed by atoms with E-state index in [1.165, 1.54) is 0 Å². The fraction of sp³-hybridized carbons (Fsp3) is 0.714. The van der Waals surface area contributed by atoms with Crippen molar-refractivity contribution in [3.63, 3.8) is 0 Å². The Morgan fingerprint density at radius 3 is 2.62 bits per heavy atom. The summed E-state index contributed by atoms with van der Waals surface area (Å²) in [6.45, 7) is 3.43. The van der Waals surface area contributed by atoms with E-state index in [0.717, 1.165) is 0 Å². The highest BCUT2D eigenvalue weighted by molar-refractivity contribution is 7.75. The maximum atomic E-state index is 11.0. The minimum Gasteiger partial charge on any atom is -0.444 e. The minimum absolute atomic E-state index is 0.158. The summed E-state index contributed by atoms with van der Waals surface area (Å²) in [5.74, 6) is -0.504. The second-order valence-corrected chi connectivity index (χ2v) is 2.66. The molecule has 0 aromatic carbocycles. The largest absolute Gasteiger partial charge is 0.444 e. The Balaban J connectivity index is 3.53. The summed E-state index contributed by atoms with van der Waals surface area (Å²) in [6, 6.07) is 0. The molecule has 0 fully saturated rings. The highest BCUT2D eigenvalue weighted by atomic mass is 32.1. The Morgan fingerprint density at radius 2 is 2.15 bits per heavy atom. The van der Waals surface area contributed by atoms with Gasteiger partial charge in [0.15, 0.2) is 6.73 Å². The number of nitrogens with one attached hydrogen (secondary N) is 1. The van der Waals surface area contributed by atoms with Gasteiger partial charge in [-0.2, -0.15) is 0 Å². The zero-order valence-electron chi connectivity index (χ0n) is 7.57. The van der Waals surface area contributed by atoms with Gasteiger partial charge in [0.2, 0.25) is 0 Å². The van der Waals surface area contributed by atoms with Crippen LogP contribution in [0.2, 0.25) is 0 Å². The van der Waals surface area contributed by atoms with Crippen molar-refractivity contribution in [2.75, 3.05) is 6.73 Å². The molecule has 1 N–H and O–H groups in total. The van der Waals surface area contributed by atoms with Crippen molar-refractivity contribution in [1.82, 2.24) is 5.32 Å². The Kier molecular flexibility index (Phi) is 6.13. The topological polar surface area (TPSA) is 64.6 Å². The van der Waals surface area contributed by atoms with E-state index in [2.05, 4.69) is 27.1 Å². The molecule has 6 heteroatoms. The lowest BCUT2D eigenvalue weighted by Gasteiger charge is -2.08. The summed E-state index contributed by atoms with van der Waals surface area (Å²) in [6.07, 6.45) is -0.0455. The van der Waals surface area contributed by atoms with Crippen LogP contribution in [0.4, 0.5) is 4.79 Å². The number of carbonyl (C=O) groups excluding carboxylic acids is 2. The number of rotatable bonds is 4. The molecule has 76 valence electrons. The monoisotopic (exact) mass is 207 g/mol. The maximum Gasteiger partial charge on any atom is 0.421 e. The lowest BCUT2D eigenvalue weighted by atomic mass is 10.1. The molecule has 5 nitrogen and oxygen atoms in total. The first-order valence-corrected chi connectivity index (χ1v) is 4.24. The average Bonchev–Trinajstić information content (AvgIpc) is 2.15. The molecule has 0 bridgehead atoms. The van der Waals surface area contributed by atoms with Crippen LogP contribution in [0.25, 0.3) is 0 Å². The van der Waals surface area contributed by atoms with E-state index in [0.29, 0.717) is 6.42 Å². The zero-order valence-corrected chi connectivity index (χ0v) is 8.47.